The van der Waals surface area contributed by atoms with Crippen molar-refractivity contribution in [2.75, 3.05) is 0 Å². The third-order valence-corrected chi connectivity index (χ3v) is 7.05. The van der Waals surface area contributed by atoms with Crippen molar-refractivity contribution >= 4 is 0 Å². The molecule has 16 heavy (non-hydrogen) atoms. The number of hydrogen-bond donors (Lipinski definition) is 1. The van der Waals surface area contributed by atoms with Gasteiger partial charge in [0.15, 0.2) is 0 Å². The second-order valence-corrected chi connectivity index (χ2v) is 7.59. The van der Waals surface area contributed by atoms with E-state index < -0.39 is 5.60 Å². The minimum Gasteiger partial charge on any atom is -0.389 e. The Balaban J connectivity index is 2.13. The van der Waals surface area contributed by atoms with Crippen LogP contribution >= 0.6 is 0 Å². The van der Waals surface area contributed by atoms with Gasteiger partial charge in [0.1, 0.15) is 0 Å². The van der Waals surface area contributed by atoms with Crippen LogP contribution in [0.15, 0.2) is 0 Å². The molecule has 0 aliphatic heterocycles. The van der Waals surface area contributed by atoms with Gasteiger partial charge in [-0.1, -0.05) is 27.7 Å². The Morgan fingerprint density at radius 3 is 2.44 bits per heavy atom. The molecule has 4 saturated carbocycles. The zero-order valence-electron chi connectivity index (χ0n) is 11.2. The summed E-state index contributed by atoms with van der Waals surface area (Å²) in [6.45, 7) is 9.43. The van der Waals surface area contributed by atoms with Crippen LogP contribution in [0.2, 0.25) is 0 Å². The standard InChI is InChI=1S/C15H26O/c1-10-5-8-15(16)13(2,3)11-6-7-14(15,4)12(10)9-11/h10-12,16H,5-9H2,1-4H3/t10-,11-,12-,14-,15+/m0/s1. The van der Waals surface area contributed by atoms with Crippen LogP contribution in [0.25, 0.3) is 0 Å². The molecule has 0 radical (unpaired) electrons. The highest BCUT2D eigenvalue weighted by molar-refractivity contribution is 5.19. The average molecular weight is 222 g/mol. The molecule has 4 fully saturated rings. The van der Waals surface area contributed by atoms with Gasteiger partial charge in [-0.15, -0.1) is 0 Å². The van der Waals surface area contributed by atoms with Gasteiger partial charge in [0, 0.05) is 0 Å². The van der Waals surface area contributed by atoms with E-state index in [9.17, 15) is 5.11 Å². The molecule has 4 aliphatic carbocycles. The van der Waals surface area contributed by atoms with E-state index in [-0.39, 0.29) is 10.8 Å². The largest absolute Gasteiger partial charge is 0.389 e. The third-order valence-electron chi connectivity index (χ3n) is 7.05. The molecule has 5 atom stereocenters. The number of aliphatic hydroxyl groups is 1. The number of rotatable bonds is 0. The Kier molecular flexibility index (Phi) is 1.98. The summed E-state index contributed by atoms with van der Waals surface area (Å²) < 4.78 is 0. The summed E-state index contributed by atoms with van der Waals surface area (Å²) in [5, 5.41) is 11.3. The quantitative estimate of drug-likeness (QED) is 0.664. The molecule has 1 N–H and O–H groups in total. The van der Waals surface area contributed by atoms with Gasteiger partial charge in [0.2, 0.25) is 0 Å². The summed E-state index contributed by atoms with van der Waals surface area (Å²) in [7, 11) is 0. The van der Waals surface area contributed by atoms with Crippen LogP contribution in [0.5, 0.6) is 0 Å². The lowest BCUT2D eigenvalue weighted by molar-refractivity contribution is -0.291. The highest BCUT2D eigenvalue weighted by Crippen LogP contribution is 2.71. The average Bonchev–Trinajstić information content (AvgIpc) is 2.22. The van der Waals surface area contributed by atoms with Crippen molar-refractivity contribution in [2.24, 2.45) is 28.6 Å². The predicted octanol–water partition coefficient (Wildman–Crippen LogP) is 3.61. The fraction of sp³-hybridized carbons (Fsp3) is 1.00. The maximum atomic E-state index is 11.3. The van der Waals surface area contributed by atoms with E-state index in [2.05, 4.69) is 27.7 Å². The maximum Gasteiger partial charge on any atom is 0.0757 e. The van der Waals surface area contributed by atoms with Gasteiger partial charge in [0.25, 0.3) is 0 Å². The van der Waals surface area contributed by atoms with E-state index in [4.69, 9.17) is 0 Å². The van der Waals surface area contributed by atoms with Gasteiger partial charge < -0.3 is 5.11 Å². The third kappa shape index (κ3) is 0.939. The van der Waals surface area contributed by atoms with Crippen LogP contribution in [-0.4, -0.2) is 10.7 Å². The van der Waals surface area contributed by atoms with Crippen LogP contribution in [0, 0.1) is 28.6 Å². The van der Waals surface area contributed by atoms with Gasteiger partial charge >= 0.3 is 0 Å². The van der Waals surface area contributed by atoms with Crippen molar-refractivity contribution < 1.29 is 5.11 Å². The molecule has 0 aromatic carbocycles. The lowest BCUT2D eigenvalue weighted by atomic mass is 9.35. The van der Waals surface area contributed by atoms with Crippen molar-refractivity contribution in [3.8, 4) is 0 Å². The van der Waals surface area contributed by atoms with Crippen molar-refractivity contribution in [3.05, 3.63) is 0 Å². The summed E-state index contributed by atoms with van der Waals surface area (Å²) in [5.41, 5.74) is -0.0576. The molecule has 4 rings (SSSR count). The Hall–Kier alpha value is -0.0400. The van der Waals surface area contributed by atoms with Crippen molar-refractivity contribution in [3.63, 3.8) is 0 Å². The molecule has 0 aromatic rings. The van der Waals surface area contributed by atoms with Gasteiger partial charge in [-0.25, -0.2) is 0 Å². The van der Waals surface area contributed by atoms with E-state index in [0.717, 1.165) is 24.2 Å². The van der Waals surface area contributed by atoms with Crippen molar-refractivity contribution in [1.29, 1.82) is 0 Å². The minimum atomic E-state index is -0.391. The molecular formula is C15H26O. The first-order valence-electron chi connectivity index (χ1n) is 7.05. The van der Waals surface area contributed by atoms with Crippen LogP contribution in [0.3, 0.4) is 0 Å². The van der Waals surface area contributed by atoms with Crippen LogP contribution in [-0.2, 0) is 0 Å². The Bertz CT molecular complexity index is 321. The molecule has 0 aromatic heterocycles. The lowest BCUT2D eigenvalue weighted by Gasteiger charge is -2.71. The van der Waals surface area contributed by atoms with Crippen LogP contribution in [0.4, 0.5) is 0 Å². The number of hydrogen-bond acceptors (Lipinski definition) is 1. The van der Waals surface area contributed by atoms with Crippen LogP contribution in [0.1, 0.15) is 59.8 Å². The molecule has 0 heterocycles. The summed E-state index contributed by atoms with van der Waals surface area (Å²) in [6, 6.07) is 0. The molecule has 4 bridgehead atoms. The molecule has 1 nitrogen and oxygen atoms in total. The first-order chi connectivity index (χ1) is 7.33. The topological polar surface area (TPSA) is 20.2 Å². The first-order valence-corrected chi connectivity index (χ1v) is 7.05. The second-order valence-electron chi connectivity index (χ2n) is 7.59. The summed E-state index contributed by atoms with van der Waals surface area (Å²) in [4.78, 5) is 0. The molecular weight excluding hydrogens is 196 g/mol. The molecule has 92 valence electrons. The molecule has 0 spiro atoms. The molecule has 4 aliphatic rings. The lowest BCUT2D eigenvalue weighted by Crippen LogP contribution is -2.71. The zero-order chi connectivity index (χ0) is 11.8. The number of fused-ring (bicyclic) bond motifs is 1. The van der Waals surface area contributed by atoms with Crippen molar-refractivity contribution in [1.82, 2.24) is 0 Å². The first kappa shape index (κ1) is 11.1. The smallest absolute Gasteiger partial charge is 0.0757 e. The highest BCUT2D eigenvalue weighted by Gasteiger charge is 2.69. The van der Waals surface area contributed by atoms with Gasteiger partial charge in [-0.05, 0) is 60.7 Å². The van der Waals surface area contributed by atoms with Gasteiger partial charge in [-0.3, -0.25) is 0 Å². The summed E-state index contributed by atoms with van der Waals surface area (Å²) >= 11 is 0. The van der Waals surface area contributed by atoms with E-state index in [0.29, 0.717) is 0 Å². The maximum absolute atomic E-state index is 11.3. The summed E-state index contributed by atoms with van der Waals surface area (Å²) in [5.74, 6) is 2.36. The normalized spacial score (nSPS) is 58.7. The Labute approximate surface area is 99.6 Å². The van der Waals surface area contributed by atoms with E-state index in [1.807, 2.05) is 0 Å². The van der Waals surface area contributed by atoms with Gasteiger partial charge in [0.05, 0.1) is 5.60 Å². The minimum absolute atomic E-state index is 0.136. The van der Waals surface area contributed by atoms with Gasteiger partial charge in [-0.2, -0.15) is 0 Å². The Morgan fingerprint density at radius 2 is 1.75 bits per heavy atom. The zero-order valence-corrected chi connectivity index (χ0v) is 11.2. The second kappa shape index (κ2) is 2.85. The molecule has 0 amide bonds. The Morgan fingerprint density at radius 1 is 1.06 bits per heavy atom. The highest BCUT2D eigenvalue weighted by atomic mass is 16.3. The summed E-state index contributed by atoms with van der Waals surface area (Å²) in [6.07, 6.45) is 6.23. The molecule has 0 saturated heterocycles. The molecule has 1 heteroatoms. The fourth-order valence-electron chi connectivity index (χ4n) is 5.69. The monoisotopic (exact) mass is 222 g/mol. The van der Waals surface area contributed by atoms with E-state index in [1.54, 1.807) is 0 Å². The van der Waals surface area contributed by atoms with E-state index >= 15 is 0 Å². The predicted molar refractivity (Wildman–Crippen MR) is 66.1 cm³/mol. The van der Waals surface area contributed by atoms with E-state index in [1.165, 1.54) is 25.7 Å². The SMILES string of the molecule is C[C@H]1CC[C@@]2(O)C(C)(C)[C@H]3CC[C@@]2(C)[C@H]1C3. The van der Waals surface area contributed by atoms with Crippen molar-refractivity contribution in [2.45, 2.75) is 65.4 Å². The van der Waals surface area contributed by atoms with Crippen LogP contribution < -0.4 is 0 Å². The molecule has 0 unspecified atom stereocenters. The fourth-order valence-corrected chi connectivity index (χ4v) is 5.69.